The van der Waals surface area contributed by atoms with E-state index in [9.17, 15) is 23.2 Å². The fraction of sp³-hybridized carbons (Fsp3) is 0.0526. The highest BCUT2D eigenvalue weighted by molar-refractivity contribution is 7.87. The Hall–Kier alpha value is -1.67. The first-order valence-electron chi connectivity index (χ1n) is 7.89. The first-order chi connectivity index (χ1) is 13.5. The summed E-state index contributed by atoms with van der Waals surface area (Å²) in [7, 11) is -5.06. The lowest BCUT2D eigenvalue weighted by Crippen LogP contribution is -2.38. The summed E-state index contributed by atoms with van der Waals surface area (Å²) < 4.78 is 34.0. The Bertz CT molecular complexity index is 1190. The number of phenols is 2. The van der Waals surface area contributed by atoms with Crippen molar-refractivity contribution in [3.05, 3.63) is 91.4 Å². The van der Waals surface area contributed by atoms with Crippen LogP contribution in [-0.2, 0) is 14.9 Å². The number of benzene rings is 3. The number of hydrogen-bond donors (Lipinski definition) is 3. The molecule has 0 saturated heterocycles. The van der Waals surface area contributed by atoms with E-state index in [0.717, 1.165) is 12.1 Å². The zero-order valence-corrected chi connectivity index (χ0v) is 18.1. The molecule has 0 radical (unpaired) electrons. The van der Waals surface area contributed by atoms with E-state index < -0.39 is 20.6 Å². The second-order valence-corrected chi connectivity index (χ2v) is 9.23. The van der Waals surface area contributed by atoms with Gasteiger partial charge < -0.3 is 10.2 Å². The number of halogens is 4. The fourth-order valence-corrected chi connectivity index (χ4v) is 5.30. The van der Waals surface area contributed by atoms with Gasteiger partial charge in [-0.1, -0.05) is 70.7 Å². The van der Waals surface area contributed by atoms with Crippen molar-refractivity contribution in [2.24, 2.45) is 0 Å². The van der Waals surface area contributed by atoms with Crippen molar-refractivity contribution >= 4 is 56.5 Å². The van der Waals surface area contributed by atoms with Crippen LogP contribution in [0.1, 0.15) is 16.7 Å². The van der Waals surface area contributed by atoms with Gasteiger partial charge in [-0.05, 0) is 41.5 Å². The van der Waals surface area contributed by atoms with Gasteiger partial charge in [0.15, 0.2) is 4.75 Å². The van der Waals surface area contributed by atoms with Crippen molar-refractivity contribution in [3.63, 3.8) is 0 Å². The Morgan fingerprint density at radius 3 is 2.00 bits per heavy atom. The van der Waals surface area contributed by atoms with Gasteiger partial charge in [0.1, 0.15) is 16.5 Å². The molecule has 1 unspecified atom stereocenters. The van der Waals surface area contributed by atoms with Crippen LogP contribution in [0.5, 0.6) is 11.5 Å². The lowest BCUT2D eigenvalue weighted by molar-refractivity contribution is 0.455. The fourth-order valence-electron chi connectivity index (χ4n) is 3.19. The number of aromatic hydroxyl groups is 2. The van der Waals surface area contributed by atoms with Gasteiger partial charge >= 0.3 is 0 Å². The van der Waals surface area contributed by atoms with E-state index in [1.54, 1.807) is 0 Å². The largest absolute Gasteiger partial charge is 0.508 e. The highest BCUT2D eigenvalue weighted by Crippen LogP contribution is 2.50. The van der Waals surface area contributed by atoms with Crippen LogP contribution in [0.25, 0.3) is 0 Å². The van der Waals surface area contributed by atoms with Gasteiger partial charge in [0, 0.05) is 5.56 Å². The Balaban J connectivity index is 2.61. The number of phenolic OH excluding ortho intramolecular Hbond substituents is 2. The van der Waals surface area contributed by atoms with E-state index in [4.69, 9.17) is 46.4 Å². The zero-order valence-electron chi connectivity index (χ0n) is 14.3. The molecule has 3 N–H and O–H groups in total. The van der Waals surface area contributed by atoms with Crippen molar-refractivity contribution < 1.29 is 23.2 Å². The highest BCUT2D eigenvalue weighted by atomic mass is 35.5. The van der Waals surface area contributed by atoms with Gasteiger partial charge in [0.05, 0.1) is 15.1 Å². The van der Waals surface area contributed by atoms with Crippen LogP contribution in [-0.4, -0.2) is 23.2 Å². The molecular formula is C19H12Cl4O5S. The van der Waals surface area contributed by atoms with Gasteiger partial charge in [0.2, 0.25) is 0 Å². The Morgan fingerprint density at radius 1 is 0.759 bits per heavy atom. The summed E-state index contributed by atoms with van der Waals surface area (Å²) >= 11 is 24.4. The third kappa shape index (κ3) is 3.65. The van der Waals surface area contributed by atoms with Gasteiger partial charge in [0.25, 0.3) is 10.1 Å². The maximum Gasteiger partial charge on any atom is 0.283 e. The summed E-state index contributed by atoms with van der Waals surface area (Å²) in [6.07, 6.45) is 0. The Kier molecular flexibility index (Phi) is 5.98. The molecule has 0 saturated carbocycles. The minimum Gasteiger partial charge on any atom is -0.508 e. The van der Waals surface area contributed by atoms with Gasteiger partial charge in [-0.2, -0.15) is 8.42 Å². The molecule has 0 spiro atoms. The second-order valence-electron chi connectivity index (χ2n) is 6.10. The van der Waals surface area contributed by atoms with Gasteiger partial charge in [-0.15, -0.1) is 0 Å². The highest BCUT2D eigenvalue weighted by Gasteiger charge is 2.50. The first kappa shape index (κ1) is 22.0. The minimum atomic E-state index is -5.06. The molecule has 0 heterocycles. The SMILES string of the molecule is O=S(=O)(O)C(c1cccc(O)c1)(c1cc(O)c(Cl)c(Cl)c1)c1cccc(Cl)c1Cl. The van der Waals surface area contributed by atoms with E-state index in [0.29, 0.717) is 0 Å². The number of hydrogen-bond acceptors (Lipinski definition) is 4. The van der Waals surface area contributed by atoms with Crippen LogP contribution in [0.3, 0.4) is 0 Å². The molecule has 0 bridgehead atoms. The monoisotopic (exact) mass is 492 g/mol. The predicted octanol–water partition coefficient (Wildman–Crippen LogP) is 5.89. The van der Waals surface area contributed by atoms with Crippen molar-refractivity contribution in [2.75, 3.05) is 0 Å². The molecule has 1 atom stereocenters. The summed E-state index contributed by atoms with van der Waals surface area (Å²) in [4.78, 5) is 0. The van der Waals surface area contributed by atoms with E-state index in [-0.39, 0.29) is 42.5 Å². The molecule has 3 aromatic rings. The average molecular weight is 494 g/mol. The van der Waals surface area contributed by atoms with Gasteiger partial charge in [-0.3, -0.25) is 4.55 Å². The van der Waals surface area contributed by atoms with E-state index in [1.165, 1.54) is 42.5 Å². The molecule has 0 aliphatic heterocycles. The molecule has 3 aromatic carbocycles. The molecule has 5 nitrogen and oxygen atoms in total. The molecule has 0 aromatic heterocycles. The molecule has 3 rings (SSSR count). The van der Waals surface area contributed by atoms with E-state index >= 15 is 0 Å². The van der Waals surface area contributed by atoms with E-state index in [2.05, 4.69) is 0 Å². The topological polar surface area (TPSA) is 94.8 Å². The lowest BCUT2D eigenvalue weighted by Gasteiger charge is -2.33. The second kappa shape index (κ2) is 7.87. The van der Waals surface area contributed by atoms with Crippen LogP contribution in [0.4, 0.5) is 0 Å². The molecule has 0 aliphatic rings. The molecule has 152 valence electrons. The smallest absolute Gasteiger partial charge is 0.283 e. The van der Waals surface area contributed by atoms with Crippen LogP contribution >= 0.6 is 46.4 Å². The summed E-state index contributed by atoms with van der Waals surface area (Å²) in [6.45, 7) is 0. The third-order valence-electron chi connectivity index (χ3n) is 4.39. The maximum atomic E-state index is 13.0. The molecule has 10 heteroatoms. The maximum absolute atomic E-state index is 13.0. The van der Waals surface area contributed by atoms with Crippen LogP contribution < -0.4 is 0 Å². The third-order valence-corrected chi connectivity index (χ3v) is 7.46. The van der Waals surface area contributed by atoms with Crippen molar-refractivity contribution in [2.45, 2.75) is 4.75 Å². The summed E-state index contributed by atoms with van der Waals surface area (Å²) in [6, 6.07) is 11.7. The minimum absolute atomic E-state index is 0.0293. The van der Waals surface area contributed by atoms with Crippen LogP contribution in [0.15, 0.2) is 54.6 Å². The van der Waals surface area contributed by atoms with E-state index in [1.807, 2.05) is 0 Å². The molecule has 29 heavy (non-hydrogen) atoms. The van der Waals surface area contributed by atoms with Crippen LogP contribution in [0.2, 0.25) is 20.1 Å². The predicted molar refractivity (Wildman–Crippen MR) is 114 cm³/mol. The molecule has 0 fully saturated rings. The summed E-state index contributed by atoms with van der Waals surface area (Å²) in [5.41, 5.74) is -0.346. The lowest BCUT2D eigenvalue weighted by atomic mass is 9.83. The van der Waals surface area contributed by atoms with Crippen molar-refractivity contribution in [3.8, 4) is 11.5 Å². The van der Waals surface area contributed by atoms with Crippen molar-refractivity contribution in [1.82, 2.24) is 0 Å². The summed E-state index contributed by atoms with van der Waals surface area (Å²) in [5.74, 6) is -0.779. The Labute approximate surface area is 186 Å². The number of rotatable bonds is 4. The van der Waals surface area contributed by atoms with Gasteiger partial charge in [-0.25, -0.2) is 0 Å². The summed E-state index contributed by atoms with van der Waals surface area (Å²) in [5, 5.41) is 19.7. The molecule has 0 aliphatic carbocycles. The first-order valence-corrected chi connectivity index (χ1v) is 10.8. The standard InChI is InChI=1S/C19H12Cl4O5S/c20-14-6-2-5-13(17(14)22)19(29(26,27)28,10-3-1-4-12(24)7-10)11-8-15(21)18(23)16(25)9-11/h1-9,24-25H,(H,26,27,28). The molecular weight excluding hydrogens is 482 g/mol. The normalized spacial score (nSPS) is 13.8. The zero-order chi connectivity index (χ0) is 21.6. The van der Waals surface area contributed by atoms with Crippen molar-refractivity contribution in [1.29, 1.82) is 0 Å². The average Bonchev–Trinajstić information content (AvgIpc) is 2.62. The van der Waals surface area contributed by atoms with Crippen LogP contribution in [0, 0.1) is 0 Å². The quantitative estimate of drug-likeness (QED) is 0.311. The molecule has 0 amide bonds. The Morgan fingerprint density at radius 2 is 1.41 bits per heavy atom.